The Morgan fingerprint density at radius 3 is 2.67 bits per heavy atom. The predicted molar refractivity (Wildman–Crippen MR) is 59.8 cm³/mol. The van der Waals surface area contributed by atoms with Crippen molar-refractivity contribution in [1.29, 1.82) is 0 Å². The normalized spacial score (nSPS) is 11.4. The van der Waals surface area contributed by atoms with E-state index in [0.29, 0.717) is 0 Å². The Kier molecular flexibility index (Phi) is 3.34. The van der Waals surface area contributed by atoms with E-state index in [1.54, 1.807) is 26.1 Å². The average Bonchev–Trinajstić information content (AvgIpc) is 2.10. The van der Waals surface area contributed by atoms with Crippen molar-refractivity contribution >= 4 is 21.9 Å². The van der Waals surface area contributed by atoms with E-state index >= 15 is 0 Å². The lowest BCUT2D eigenvalue weighted by Gasteiger charge is -2.20. The fourth-order valence-electron chi connectivity index (χ4n) is 1.12. The van der Waals surface area contributed by atoms with Gasteiger partial charge in [-0.05, 0) is 35.8 Å². The molecule has 1 aromatic rings. The first kappa shape index (κ1) is 12.0. The van der Waals surface area contributed by atoms with Crippen molar-refractivity contribution in [3.63, 3.8) is 0 Å². The molecule has 0 aliphatic carbocycles. The molecular formula is C10H12BrNO3. The van der Waals surface area contributed by atoms with Gasteiger partial charge in [0.05, 0.1) is 5.41 Å². The number of aliphatic carboxylic acids is 1. The van der Waals surface area contributed by atoms with E-state index in [2.05, 4.69) is 15.9 Å². The molecular weight excluding hydrogens is 262 g/mol. The van der Waals surface area contributed by atoms with Crippen LogP contribution in [0.25, 0.3) is 0 Å². The third kappa shape index (κ3) is 2.92. The maximum atomic E-state index is 11.4. The molecule has 1 N–H and O–H groups in total. The first-order valence-electron chi connectivity index (χ1n) is 4.42. The van der Waals surface area contributed by atoms with E-state index in [1.807, 2.05) is 0 Å². The predicted octanol–water partition coefficient (Wildman–Crippen LogP) is 1.72. The highest BCUT2D eigenvalue weighted by molar-refractivity contribution is 9.10. The summed E-state index contributed by atoms with van der Waals surface area (Å²) in [5, 5.41) is 8.94. The molecule has 0 fully saturated rings. The van der Waals surface area contributed by atoms with Gasteiger partial charge in [-0.3, -0.25) is 9.59 Å². The molecule has 0 bridgehead atoms. The zero-order chi connectivity index (χ0) is 11.6. The van der Waals surface area contributed by atoms with Crippen molar-refractivity contribution in [2.75, 3.05) is 0 Å². The summed E-state index contributed by atoms with van der Waals surface area (Å²) in [5.41, 5.74) is -1.16. The maximum Gasteiger partial charge on any atom is 0.310 e. The first-order chi connectivity index (χ1) is 6.83. The van der Waals surface area contributed by atoms with Crippen molar-refractivity contribution in [1.82, 2.24) is 4.57 Å². The van der Waals surface area contributed by atoms with Gasteiger partial charge in [-0.15, -0.1) is 0 Å². The van der Waals surface area contributed by atoms with Crippen molar-refractivity contribution < 1.29 is 9.90 Å². The highest BCUT2D eigenvalue weighted by Gasteiger charge is 2.27. The zero-order valence-corrected chi connectivity index (χ0v) is 10.1. The number of rotatable bonds is 3. The van der Waals surface area contributed by atoms with Crippen molar-refractivity contribution in [2.24, 2.45) is 5.41 Å². The molecule has 0 spiro atoms. The number of nitrogens with zero attached hydrogens (tertiary/aromatic N) is 1. The summed E-state index contributed by atoms with van der Waals surface area (Å²) in [6.07, 6.45) is 1.59. The van der Waals surface area contributed by atoms with Crippen LogP contribution in [0, 0.1) is 5.41 Å². The number of carboxylic acid groups (broad SMARTS) is 1. The van der Waals surface area contributed by atoms with Gasteiger partial charge in [0.15, 0.2) is 0 Å². The number of aromatic nitrogens is 1. The monoisotopic (exact) mass is 273 g/mol. The molecule has 1 rings (SSSR count). The highest BCUT2D eigenvalue weighted by Crippen LogP contribution is 2.18. The fourth-order valence-corrected chi connectivity index (χ4v) is 1.50. The van der Waals surface area contributed by atoms with E-state index in [4.69, 9.17) is 5.11 Å². The van der Waals surface area contributed by atoms with E-state index in [1.165, 1.54) is 10.6 Å². The van der Waals surface area contributed by atoms with E-state index in [-0.39, 0.29) is 12.1 Å². The Morgan fingerprint density at radius 2 is 2.13 bits per heavy atom. The van der Waals surface area contributed by atoms with E-state index in [0.717, 1.165) is 4.47 Å². The van der Waals surface area contributed by atoms with Gasteiger partial charge < -0.3 is 9.67 Å². The summed E-state index contributed by atoms with van der Waals surface area (Å²) in [4.78, 5) is 22.3. The van der Waals surface area contributed by atoms with Gasteiger partial charge in [-0.1, -0.05) is 0 Å². The Balaban J connectivity index is 3.04. The zero-order valence-electron chi connectivity index (χ0n) is 8.53. The van der Waals surface area contributed by atoms with Crippen molar-refractivity contribution in [2.45, 2.75) is 20.4 Å². The smallest absolute Gasteiger partial charge is 0.310 e. The van der Waals surface area contributed by atoms with Crippen LogP contribution in [-0.4, -0.2) is 15.6 Å². The van der Waals surface area contributed by atoms with Gasteiger partial charge in [0.1, 0.15) is 0 Å². The number of halogens is 1. The van der Waals surface area contributed by atoms with Gasteiger partial charge in [0, 0.05) is 23.3 Å². The second-order valence-electron chi connectivity index (χ2n) is 4.00. The molecule has 1 aromatic heterocycles. The third-order valence-corrected chi connectivity index (χ3v) is 2.56. The number of hydrogen-bond acceptors (Lipinski definition) is 2. The minimum Gasteiger partial charge on any atom is -0.481 e. The van der Waals surface area contributed by atoms with Gasteiger partial charge in [-0.2, -0.15) is 0 Å². The molecule has 4 nitrogen and oxygen atoms in total. The van der Waals surface area contributed by atoms with Gasteiger partial charge >= 0.3 is 5.97 Å². The quantitative estimate of drug-likeness (QED) is 0.913. The second kappa shape index (κ2) is 4.18. The van der Waals surface area contributed by atoms with Crippen LogP contribution in [0.5, 0.6) is 0 Å². The van der Waals surface area contributed by atoms with Crippen LogP contribution in [0.15, 0.2) is 27.6 Å². The molecule has 0 atom stereocenters. The average molecular weight is 274 g/mol. The summed E-state index contributed by atoms with van der Waals surface area (Å²) in [7, 11) is 0. The molecule has 1 heterocycles. The highest BCUT2D eigenvalue weighted by atomic mass is 79.9. The Labute approximate surface area is 95.7 Å². The van der Waals surface area contributed by atoms with E-state index in [9.17, 15) is 9.59 Å². The summed E-state index contributed by atoms with van der Waals surface area (Å²) >= 11 is 3.23. The molecule has 15 heavy (non-hydrogen) atoms. The summed E-state index contributed by atoms with van der Waals surface area (Å²) in [6, 6.07) is 3.04. The SMILES string of the molecule is CC(C)(Cn1cc(Br)ccc1=O)C(=O)O. The molecule has 82 valence electrons. The largest absolute Gasteiger partial charge is 0.481 e. The number of carbonyl (C=O) groups is 1. The first-order valence-corrected chi connectivity index (χ1v) is 5.21. The molecule has 0 aliphatic rings. The minimum absolute atomic E-state index is 0.153. The lowest BCUT2D eigenvalue weighted by Crippen LogP contribution is -2.33. The molecule has 0 aromatic carbocycles. The standard InChI is InChI=1S/C10H12BrNO3/c1-10(2,9(14)15)6-12-5-7(11)3-4-8(12)13/h3-5H,6H2,1-2H3,(H,14,15). The molecule has 5 heteroatoms. The summed E-state index contributed by atoms with van der Waals surface area (Å²) in [5.74, 6) is -0.922. The molecule has 0 saturated heterocycles. The van der Waals surface area contributed by atoms with Gasteiger partial charge in [-0.25, -0.2) is 0 Å². The topological polar surface area (TPSA) is 59.3 Å². The number of pyridine rings is 1. The van der Waals surface area contributed by atoms with Crippen molar-refractivity contribution in [3.8, 4) is 0 Å². The summed E-state index contributed by atoms with van der Waals surface area (Å²) < 4.78 is 2.14. The molecule has 0 aliphatic heterocycles. The van der Waals surface area contributed by atoms with Crippen LogP contribution in [-0.2, 0) is 11.3 Å². The number of carboxylic acids is 1. The Morgan fingerprint density at radius 1 is 1.53 bits per heavy atom. The molecule has 0 saturated carbocycles. The van der Waals surface area contributed by atoms with Gasteiger partial charge in [0.25, 0.3) is 5.56 Å². The second-order valence-corrected chi connectivity index (χ2v) is 4.92. The van der Waals surface area contributed by atoms with Crippen LogP contribution >= 0.6 is 15.9 Å². The number of hydrogen-bond donors (Lipinski definition) is 1. The lowest BCUT2D eigenvalue weighted by atomic mass is 9.94. The molecule has 0 amide bonds. The van der Waals surface area contributed by atoms with Crippen LogP contribution in [0.1, 0.15) is 13.8 Å². The van der Waals surface area contributed by atoms with Crippen molar-refractivity contribution in [3.05, 3.63) is 33.2 Å². The maximum absolute atomic E-state index is 11.4. The van der Waals surface area contributed by atoms with Crippen LogP contribution in [0.4, 0.5) is 0 Å². The minimum atomic E-state index is -0.954. The van der Waals surface area contributed by atoms with Crippen LogP contribution in [0.2, 0.25) is 0 Å². The van der Waals surface area contributed by atoms with E-state index < -0.39 is 11.4 Å². The summed E-state index contributed by atoms with van der Waals surface area (Å²) in [6.45, 7) is 3.33. The fraction of sp³-hybridized carbons (Fsp3) is 0.400. The Bertz CT molecular complexity index is 437. The lowest BCUT2D eigenvalue weighted by molar-refractivity contribution is -0.147. The van der Waals surface area contributed by atoms with Gasteiger partial charge in [0.2, 0.25) is 0 Å². The van der Waals surface area contributed by atoms with Crippen LogP contribution in [0.3, 0.4) is 0 Å². The third-order valence-electron chi connectivity index (χ3n) is 2.09. The molecule has 0 radical (unpaired) electrons. The van der Waals surface area contributed by atoms with Crippen LogP contribution < -0.4 is 5.56 Å². The molecule has 0 unspecified atom stereocenters. The Hall–Kier alpha value is -1.10.